The molecule has 0 aromatic heterocycles. The maximum atomic E-state index is 8.27. The Labute approximate surface area is 71.1 Å². The van der Waals surface area contributed by atoms with E-state index in [4.69, 9.17) is 10.5 Å². The van der Waals surface area contributed by atoms with E-state index < -0.39 is 0 Å². The van der Waals surface area contributed by atoms with Crippen molar-refractivity contribution in [2.24, 2.45) is 10.2 Å². The van der Waals surface area contributed by atoms with Crippen molar-refractivity contribution in [2.75, 3.05) is 13.1 Å². The number of hydrogen-bond acceptors (Lipinski definition) is 4. The van der Waals surface area contributed by atoms with Gasteiger partial charge in [-0.15, -0.1) is 0 Å². The zero-order valence-electron chi connectivity index (χ0n) is 6.62. The first kappa shape index (κ1) is 10.1. The van der Waals surface area contributed by atoms with Gasteiger partial charge in [0.05, 0.1) is 25.2 Å². The minimum Gasteiger partial charge on any atom is -0.193 e. The second-order valence-corrected chi connectivity index (χ2v) is 2.03. The average molecular weight is 160 g/mol. The van der Waals surface area contributed by atoms with Gasteiger partial charge in [0.15, 0.2) is 0 Å². The first-order chi connectivity index (χ1) is 5.70. The van der Waals surface area contributed by atoms with Crippen LogP contribution in [0.15, 0.2) is 34.5 Å². The quantitative estimate of drug-likeness (QED) is 0.462. The zero-order valence-corrected chi connectivity index (χ0v) is 6.62. The monoisotopic (exact) mass is 160 g/mol. The lowest BCUT2D eigenvalue weighted by atomic mass is 10.3. The molecule has 0 fully saturated rings. The second kappa shape index (κ2) is 5.82. The molecule has 4 heteroatoms. The molecule has 0 spiro atoms. The van der Waals surface area contributed by atoms with Crippen LogP contribution in [0, 0.1) is 22.7 Å². The number of rotatable bonds is 4. The summed E-state index contributed by atoms with van der Waals surface area (Å²) in [6, 6.07) is 3.66. The van der Waals surface area contributed by atoms with E-state index in [9.17, 15) is 0 Å². The van der Waals surface area contributed by atoms with Crippen LogP contribution < -0.4 is 0 Å². The number of hydrogen-bond donors (Lipinski definition) is 0. The third-order valence-corrected chi connectivity index (χ3v) is 0.939. The lowest BCUT2D eigenvalue weighted by Gasteiger charge is -1.87. The summed E-state index contributed by atoms with van der Waals surface area (Å²) in [6.45, 7) is 7.19. The average Bonchev–Trinajstić information content (AvgIpc) is 2.11. The highest BCUT2D eigenvalue weighted by atomic mass is 15.1. The first-order valence-corrected chi connectivity index (χ1v) is 3.19. The summed E-state index contributed by atoms with van der Waals surface area (Å²) < 4.78 is 0. The molecule has 0 heterocycles. The molecule has 0 aliphatic rings. The lowest BCUT2D eigenvalue weighted by molar-refractivity contribution is 0.950. The number of nitriles is 2. The van der Waals surface area contributed by atoms with Gasteiger partial charge in [-0.25, -0.2) is 0 Å². The van der Waals surface area contributed by atoms with Crippen molar-refractivity contribution in [3.63, 3.8) is 0 Å². The molecule has 0 radical (unpaired) electrons. The van der Waals surface area contributed by atoms with E-state index in [2.05, 4.69) is 23.4 Å². The molecule has 0 aromatic carbocycles. The van der Waals surface area contributed by atoms with Gasteiger partial charge in [-0.05, 0) is 0 Å². The zero-order chi connectivity index (χ0) is 9.40. The Hall–Kier alpha value is -1.94. The summed E-state index contributed by atoms with van der Waals surface area (Å²) in [5.74, 6) is 0. The van der Waals surface area contributed by atoms with Gasteiger partial charge in [0.2, 0.25) is 0 Å². The van der Waals surface area contributed by atoms with E-state index >= 15 is 0 Å². The Morgan fingerprint density at radius 3 is 1.58 bits per heavy atom. The third kappa shape index (κ3) is 4.89. The smallest absolute Gasteiger partial charge is 0.0961 e. The Morgan fingerprint density at radius 1 is 1.00 bits per heavy atom. The molecule has 0 aromatic rings. The Balaban J connectivity index is 3.68. The second-order valence-electron chi connectivity index (χ2n) is 2.03. The fourth-order valence-corrected chi connectivity index (χ4v) is 0.341. The first-order valence-electron chi connectivity index (χ1n) is 3.19. The summed E-state index contributed by atoms with van der Waals surface area (Å²) in [6.07, 6.45) is 0. The molecule has 0 unspecified atom stereocenters. The van der Waals surface area contributed by atoms with Crippen LogP contribution in [0.2, 0.25) is 0 Å². The SMILES string of the molecule is C=C(C#N)CN=NCC(=C)C#N. The van der Waals surface area contributed by atoms with E-state index in [0.29, 0.717) is 11.1 Å². The molecular formula is C8H8N4. The molecule has 0 bridgehead atoms. The minimum atomic E-state index is 0.190. The standard InChI is InChI=1S/C8H8N4/c1-7(3-9)5-11-12-6-8(2)4-10/h1-2,5-6H2. The minimum absolute atomic E-state index is 0.190. The molecule has 0 rings (SSSR count). The highest BCUT2D eigenvalue weighted by Crippen LogP contribution is 1.91. The van der Waals surface area contributed by atoms with Gasteiger partial charge in [-0.3, -0.25) is 0 Å². The molecule has 0 N–H and O–H groups in total. The molecule has 0 saturated carbocycles. The van der Waals surface area contributed by atoms with Crippen LogP contribution in [0.3, 0.4) is 0 Å². The third-order valence-electron chi connectivity index (χ3n) is 0.939. The van der Waals surface area contributed by atoms with Crippen molar-refractivity contribution < 1.29 is 0 Å². The number of azo groups is 1. The van der Waals surface area contributed by atoms with Gasteiger partial charge in [0, 0.05) is 11.1 Å². The van der Waals surface area contributed by atoms with Crippen molar-refractivity contribution in [3.8, 4) is 12.1 Å². The molecular weight excluding hydrogens is 152 g/mol. The normalized spacial score (nSPS) is 8.83. The lowest BCUT2D eigenvalue weighted by Crippen LogP contribution is -1.84. The van der Waals surface area contributed by atoms with Crippen molar-refractivity contribution in [3.05, 3.63) is 24.3 Å². The summed E-state index contributed by atoms with van der Waals surface area (Å²) in [7, 11) is 0. The largest absolute Gasteiger partial charge is 0.193 e. The Kier molecular flexibility index (Phi) is 4.88. The maximum absolute atomic E-state index is 8.27. The van der Waals surface area contributed by atoms with Crippen LogP contribution >= 0.6 is 0 Å². The van der Waals surface area contributed by atoms with Gasteiger partial charge in [-0.2, -0.15) is 20.8 Å². The van der Waals surface area contributed by atoms with E-state index in [1.165, 1.54) is 0 Å². The van der Waals surface area contributed by atoms with E-state index in [-0.39, 0.29) is 13.1 Å². The molecule has 4 nitrogen and oxygen atoms in total. The van der Waals surface area contributed by atoms with Gasteiger partial charge < -0.3 is 0 Å². The summed E-state index contributed by atoms with van der Waals surface area (Å²) >= 11 is 0. The maximum Gasteiger partial charge on any atom is 0.0961 e. The van der Waals surface area contributed by atoms with Gasteiger partial charge >= 0.3 is 0 Å². The van der Waals surface area contributed by atoms with Gasteiger partial charge in [-0.1, -0.05) is 13.2 Å². The van der Waals surface area contributed by atoms with E-state index in [1.807, 2.05) is 12.1 Å². The van der Waals surface area contributed by atoms with Crippen LogP contribution in [0.5, 0.6) is 0 Å². The van der Waals surface area contributed by atoms with Gasteiger partial charge in [0.25, 0.3) is 0 Å². The highest BCUT2D eigenvalue weighted by molar-refractivity contribution is 5.18. The van der Waals surface area contributed by atoms with Crippen LogP contribution in [-0.2, 0) is 0 Å². The summed E-state index contributed by atoms with van der Waals surface area (Å²) in [4.78, 5) is 0. The fraction of sp³-hybridized carbons (Fsp3) is 0.250. The van der Waals surface area contributed by atoms with Gasteiger partial charge in [0.1, 0.15) is 0 Å². The highest BCUT2D eigenvalue weighted by Gasteiger charge is 1.88. The van der Waals surface area contributed by atoms with Crippen LogP contribution in [0.4, 0.5) is 0 Å². The van der Waals surface area contributed by atoms with E-state index in [0.717, 1.165) is 0 Å². The summed E-state index contributed by atoms with van der Waals surface area (Å²) in [5.41, 5.74) is 0.697. The molecule has 0 amide bonds. The summed E-state index contributed by atoms with van der Waals surface area (Å²) in [5, 5.41) is 23.8. The van der Waals surface area contributed by atoms with Crippen LogP contribution in [0.25, 0.3) is 0 Å². The fourth-order valence-electron chi connectivity index (χ4n) is 0.341. The Morgan fingerprint density at radius 2 is 1.33 bits per heavy atom. The van der Waals surface area contributed by atoms with Crippen LogP contribution in [0.1, 0.15) is 0 Å². The van der Waals surface area contributed by atoms with E-state index in [1.54, 1.807) is 0 Å². The predicted molar refractivity (Wildman–Crippen MR) is 44.1 cm³/mol. The predicted octanol–water partition coefficient (Wildman–Crippen LogP) is 1.60. The van der Waals surface area contributed by atoms with Crippen molar-refractivity contribution in [1.29, 1.82) is 10.5 Å². The Bertz CT molecular complexity index is 257. The topological polar surface area (TPSA) is 72.3 Å². The molecule has 0 aliphatic heterocycles. The number of nitrogens with zero attached hydrogens (tertiary/aromatic N) is 4. The molecule has 60 valence electrons. The molecule has 12 heavy (non-hydrogen) atoms. The van der Waals surface area contributed by atoms with Crippen molar-refractivity contribution in [1.82, 2.24) is 0 Å². The van der Waals surface area contributed by atoms with Crippen molar-refractivity contribution >= 4 is 0 Å². The molecule has 0 atom stereocenters. The van der Waals surface area contributed by atoms with Crippen LogP contribution in [-0.4, -0.2) is 13.1 Å². The molecule has 0 saturated heterocycles. The molecule has 0 aliphatic carbocycles. The van der Waals surface area contributed by atoms with Crippen molar-refractivity contribution in [2.45, 2.75) is 0 Å².